The van der Waals surface area contributed by atoms with Crippen LogP contribution in [0.5, 0.6) is 5.75 Å². The molecule has 7 heteroatoms. The van der Waals surface area contributed by atoms with Gasteiger partial charge in [0.05, 0.1) is 16.2 Å². The molecule has 0 bridgehead atoms. The second kappa shape index (κ2) is 9.53. The van der Waals surface area contributed by atoms with Crippen molar-refractivity contribution in [2.75, 3.05) is 0 Å². The van der Waals surface area contributed by atoms with Crippen LogP contribution in [0.3, 0.4) is 0 Å². The summed E-state index contributed by atoms with van der Waals surface area (Å²) in [5.41, 5.74) is 3.94. The third-order valence-electron chi connectivity index (χ3n) is 4.70. The Morgan fingerprint density at radius 2 is 1.72 bits per heavy atom. The zero-order valence-electron chi connectivity index (χ0n) is 17.2. The first-order valence-corrected chi connectivity index (χ1v) is 10.7. The number of thioether (sulfide) groups is 1. The number of carbonyl (C=O) groups is 2. The van der Waals surface area contributed by atoms with Gasteiger partial charge in [-0.2, -0.15) is 0 Å². The molecule has 0 saturated carbocycles. The van der Waals surface area contributed by atoms with Gasteiger partial charge < -0.3 is 15.2 Å². The summed E-state index contributed by atoms with van der Waals surface area (Å²) in [6.45, 7) is 2.34. The van der Waals surface area contributed by atoms with Crippen LogP contribution in [0.4, 0.5) is 5.69 Å². The molecule has 1 heterocycles. The number of aromatic carboxylic acids is 1. The van der Waals surface area contributed by atoms with E-state index in [4.69, 9.17) is 9.84 Å². The first-order chi connectivity index (χ1) is 15.5. The Morgan fingerprint density at radius 1 is 1.03 bits per heavy atom. The van der Waals surface area contributed by atoms with Crippen LogP contribution in [0.2, 0.25) is 0 Å². The van der Waals surface area contributed by atoms with Crippen LogP contribution in [0, 0.1) is 6.92 Å². The summed E-state index contributed by atoms with van der Waals surface area (Å²) in [4.78, 5) is 28.2. The van der Waals surface area contributed by atoms with E-state index in [-0.39, 0.29) is 11.5 Å². The lowest BCUT2D eigenvalue weighted by atomic mass is 10.1. The number of ether oxygens (including phenoxy) is 1. The highest BCUT2D eigenvalue weighted by Crippen LogP contribution is 2.28. The summed E-state index contributed by atoms with van der Waals surface area (Å²) in [6, 6.07) is 21.8. The third kappa shape index (κ3) is 5.44. The van der Waals surface area contributed by atoms with E-state index in [1.54, 1.807) is 24.3 Å². The van der Waals surface area contributed by atoms with Gasteiger partial charge in [0.1, 0.15) is 12.4 Å². The molecule has 3 aromatic carbocycles. The van der Waals surface area contributed by atoms with E-state index in [1.807, 2.05) is 61.5 Å². The molecule has 1 aliphatic heterocycles. The summed E-state index contributed by atoms with van der Waals surface area (Å²) in [5.74, 6) is -0.449. The van der Waals surface area contributed by atoms with Crippen LogP contribution in [0.25, 0.3) is 6.08 Å². The number of nitrogens with one attached hydrogen (secondary N) is 1. The summed E-state index contributed by atoms with van der Waals surface area (Å²) < 4.78 is 5.76. The zero-order chi connectivity index (χ0) is 22.5. The fourth-order valence-corrected chi connectivity index (χ4v) is 3.78. The zero-order valence-corrected chi connectivity index (χ0v) is 18.1. The van der Waals surface area contributed by atoms with Crippen molar-refractivity contribution in [3.63, 3.8) is 0 Å². The maximum atomic E-state index is 12.3. The number of nitrogens with zero attached hydrogens (tertiary/aromatic N) is 1. The van der Waals surface area contributed by atoms with Gasteiger partial charge in [0.2, 0.25) is 0 Å². The smallest absolute Gasteiger partial charge is 0.335 e. The number of amidine groups is 1. The SMILES string of the molecule is Cc1ccc(N=C2NC(=O)/C(=C/c3ccc(OCc4ccc(C(=O)O)cc4)cc3)S2)cc1. The van der Waals surface area contributed by atoms with Gasteiger partial charge in [-0.3, -0.25) is 4.79 Å². The molecule has 160 valence electrons. The van der Waals surface area contributed by atoms with Crippen LogP contribution in [-0.2, 0) is 11.4 Å². The van der Waals surface area contributed by atoms with E-state index >= 15 is 0 Å². The molecule has 1 saturated heterocycles. The van der Waals surface area contributed by atoms with Crippen molar-refractivity contribution in [2.45, 2.75) is 13.5 Å². The fraction of sp³-hybridized carbons (Fsp3) is 0.0800. The quantitative estimate of drug-likeness (QED) is 0.513. The van der Waals surface area contributed by atoms with Gasteiger partial charge in [-0.15, -0.1) is 0 Å². The molecular formula is C25H20N2O4S. The maximum Gasteiger partial charge on any atom is 0.335 e. The van der Waals surface area contributed by atoms with Crippen molar-refractivity contribution in [3.8, 4) is 5.75 Å². The van der Waals surface area contributed by atoms with E-state index in [0.717, 1.165) is 22.4 Å². The summed E-state index contributed by atoms with van der Waals surface area (Å²) in [7, 11) is 0. The predicted octanol–water partition coefficient (Wildman–Crippen LogP) is 5.16. The Hall–Kier alpha value is -3.84. The van der Waals surface area contributed by atoms with Gasteiger partial charge in [-0.05, 0) is 72.3 Å². The van der Waals surface area contributed by atoms with E-state index in [9.17, 15) is 9.59 Å². The fourth-order valence-electron chi connectivity index (χ4n) is 2.94. The molecular weight excluding hydrogens is 424 g/mol. The van der Waals surface area contributed by atoms with Gasteiger partial charge in [-0.25, -0.2) is 9.79 Å². The van der Waals surface area contributed by atoms with Crippen molar-refractivity contribution in [1.82, 2.24) is 5.32 Å². The number of carboxylic acids is 1. The maximum absolute atomic E-state index is 12.3. The minimum absolute atomic E-state index is 0.175. The minimum Gasteiger partial charge on any atom is -0.489 e. The lowest BCUT2D eigenvalue weighted by molar-refractivity contribution is -0.115. The van der Waals surface area contributed by atoms with Gasteiger partial charge in [0.25, 0.3) is 5.91 Å². The van der Waals surface area contributed by atoms with E-state index < -0.39 is 5.97 Å². The Morgan fingerprint density at radius 3 is 2.38 bits per heavy atom. The van der Waals surface area contributed by atoms with Crippen molar-refractivity contribution in [2.24, 2.45) is 4.99 Å². The van der Waals surface area contributed by atoms with Crippen LogP contribution in [-0.4, -0.2) is 22.2 Å². The molecule has 0 aromatic heterocycles. The van der Waals surface area contributed by atoms with Crippen molar-refractivity contribution in [1.29, 1.82) is 0 Å². The molecule has 0 spiro atoms. The average Bonchev–Trinajstić information content (AvgIpc) is 3.13. The third-order valence-corrected chi connectivity index (χ3v) is 5.61. The number of carbonyl (C=O) groups excluding carboxylic acids is 1. The number of carboxylic acid groups (broad SMARTS) is 1. The summed E-state index contributed by atoms with van der Waals surface area (Å²) in [5, 5.41) is 12.3. The van der Waals surface area contributed by atoms with Crippen molar-refractivity contribution in [3.05, 3.63) is 100.0 Å². The highest BCUT2D eigenvalue weighted by atomic mass is 32.2. The number of amides is 1. The molecule has 0 unspecified atom stereocenters. The second-order valence-corrected chi connectivity index (χ2v) is 8.21. The molecule has 2 N–H and O–H groups in total. The van der Waals surface area contributed by atoms with Crippen molar-refractivity contribution >= 4 is 40.6 Å². The highest BCUT2D eigenvalue weighted by Gasteiger charge is 2.23. The number of rotatable bonds is 6. The van der Waals surface area contributed by atoms with Crippen LogP contribution < -0.4 is 10.1 Å². The molecule has 3 aromatic rings. The normalized spacial score (nSPS) is 15.7. The minimum atomic E-state index is -0.954. The van der Waals surface area contributed by atoms with Crippen LogP contribution in [0.1, 0.15) is 27.0 Å². The molecule has 1 amide bonds. The topological polar surface area (TPSA) is 88.0 Å². The summed E-state index contributed by atoms with van der Waals surface area (Å²) >= 11 is 1.30. The van der Waals surface area contributed by atoms with E-state index in [0.29, 0.717) is 22.4 Å². The monoisotopic (exact) mass is 444 g/mol. The van der Waals surface area contributed by atoms with Gasteiger partial charge >= 0.3 is 5.97 Å². The van der Waals surface area contributed by atoms with Crippen molar-refractivity contribution < 1.29 is 19.4 Å². The Kier molecular flexibility index (Phi) is 6.37. The van der Waals surface area contributed by atoms with Gasteiger partial charge in [0.15, 0.2) is 5.17 Å². The molecule has 4 rings (SSSR count). The van der Waals surface area contributed by atoms with Crippen LogP contribution >= 0.6 is 11.8 Å². The standard InChI is InChI=1S/C25H20N2O4S/c1-16-2-10-20(11-3-16)26-25-27-23(28)22(32-25)14-17-6-12-21(13-7-17)31-15-18-4-8-19(9-5-18)24(29)30/h2-14H,15H2,1H3,(H,29,30)(H,26,27,28)/b22-14-. The molecule has 32 heavy (non-hydrogen) atoms. The van der Waals surface area contributed by atoms with E-state index in [2.05, 4.69) is 10.3 Å². The Labute approximate surface area is 189 Å². The Balaban J connectivity index is 1.37. The number of aryl methyl sites for hydroxylation is 1. The molecule has 1 aliphatic rings. The largest absolute Gasteiger partial charge is 0.489 e. The Bertz CT molecular complexity index is 1200. The number of hydrogen-bond acceptors (Lipinski definition) is 5. The average molecular weight is 445 g/mol. The number of hydrogen-bond donors (Lipinski definition) is 2. The van der Waals surface area contributed by atoms with Crippen LogP contribution in [0.15, 0.2) is 82.7 Å². The molecule has 0 aliphatic carbocycles. The molecule has 6 nitrogen and oxygen atoms in total. The highest BCUT2D eigenvalue weighted by molar-refractivity contribution is 8.18. The molecule has 1 fully saturated rings. The second-order valence-electron chi connectivity index (χ2n) is 7.18. The van der Waals surface area contributed by atoms with Gasteiger partial charge in [-0.1, -0.05) is 42.0 Å². The number of benzene rings is 3. The molecule has 0 atom stereocenters. The van der Waals surface area contributed by atoms with E-state index in [1.165, 1.54) is 11.8 Å². The first-order valence-electron chi connectivity index (χ1n) is 9.88. The lowest BCUT2D eigenvalue weighted by Gasteiger charge is -2.07. The summed E-state index contributed by atoms with van der Waals surface area (Å²) in [6.07, 6.45) is 1.81. The lowest BCUT2D eigenvalue weighted by Crippen LogP contribution is -2.19. The first kappa shape index (κ1) is 21.4. The van der Waals surface area contributed by atoms with Gasteiger partial charge in [0, 0.05) is 0 Å². The molecule has 0 radical (unpaired) electrons. The number of aliphatic imine (C=N–C) groups is 1. The predicted molar refractivity (Wildman–Crippen MR) is 126 cm³/mol.